The van der Waals surface area contributed by atoms with Gasteiger partial charge in [-0.15, -0.1) is 11.3 Å². The van der Waals surface area contributed by atoms with E-state index in [0.717, 1.165) is 21.7 Å². The Balaban J connectivity index is 1.86. The van der Waals surface area contributed by atoms with Gasteiger partial charge in [0.25, 0.3) is 0 Å². The highest BCUT2D eigenvalue weighted by Gasteiger charge is 2.35. The van der Waals surface area contributed by atoms with Crippen LogP contribution in [0.1, 0.15) is 38.3 Å². The van der Waals surface area contributed by atoms with Crippen LogP contribution in [0.2, 0.25) is 0 Å². The number of rotatable bonds is 14. The van der Waals surface area contributed by atoms with Crippen LogP contribution in [0.4, 0.5) is 9.59 Å². The van der Waals surface area contributed by atoms with E-state index < -0.39 is 53.6 Å². The standard InChI is InChI=1S/C33H43N5O7S/c1-33(2,3)28(38-32(43)45-5)29(41)36-24(17-22-11-13-23(14-12-22)30-34-15-16-46-30)19-26(39)25(18-21-9-7-6-8-10-21)37-27(40)20-35-31(42)44-4/h6-16,24-26,28,39H,17-20H2,1-5H3,(H,35,42)(H,36,41)(H,37,40)(H,38,43)/t24-,25-,26-,28+/m0/s1. The first-order valence-electron chi connectivity index (χ1n) is 14.9. The van der Waals surface area contributed by atoms with Crippen LogP contribution in [0, 0.1) is 5.41 Å². The topological polar surface area (TPSA) is 168 Å². The Hall–Kier alpha value is -4.49. The van der Waals surface area contributed by atoms with E-state index in [1.54, 1.807) is 6.20 Å². The summed E-state index contributed by atoms with van der Waals surface area (Å²) in [5, 5.41) is 25.2. The van der Waals surface area contributed by atoms with Gasteiger partial charge in [0.2, 0.25) is 11.8 Å². The molecule has 0 fully saturated rings. The molecule has 0 aliphatic rings. The third-order valence-corrected chi connectivity index (χ3v) is 8.07. The number of amides is 4. The number of alkyl carbamates (subject to hydrolysis) is 2. The smallest absolute Gasteiger partial charge is 0.407 e. The number of thiazole rings is 1. The molecular formula is C33H43N5O7S. The highest BCUT2D eigenvalue weighted by atomic mass is 32.1. The zero-order chi connectivity index (χ0) is 33.7. The van der Waals surface area contributed by atoms with Crippen LogP contribution in [-0.4, -0.2) is 79.1 Å². The Morgan fingerprint density at radius 3 is 2.11 bits per heavy atom. The first-order chi connectivity index (χ1) is 21.9. The summed E-state index contributed by atoms with van der Waals surface area (Å²) in [6.45, 7) is 5.12. The summed E-state index contributed by atoms with van der Waals surface area (Å²) in [6, 6.07) is 14.9. The Labute approximate surface area is 273 Å². The third-order valence-electron chi connectivity index (χ3n) is 7.25. The summed E-state index contributed by atoms with van der Waals surface area (Å²) in [4.78, 5) is 54.4. The summed E-state index contributed by atoms with van der Waals surface area (Å²) in [5.41, 5.74) is 2.08. The number of methoxy groups -OCH3 is 2. The van der Waals surface area contributed by atoms with E-state index >= 15 is 0 Å². The van der Waals surface area contributed by atoms with Crippen molar-refractivity contribution in [1.29, 1.82) is 0 Å². The van der Waals surface area contributed by atoms with Crippen LogP contribution in [0.15, 0.2) is 66.2 Å². The molecule has 0 saturated heterocycles. The lowest BCUT2D eigenvalue weighted by Crippen LogP contribution is -2.57. The molecule has 5 N–H and O–H groups in total. The van der Waals surface area contributed by atoms with Gasteiger partial charge in [-0.1, -0.05) is 75.4 Å². The van der Waals surface area contributed by atoms with Crippen molar-refractivity contribution in [2.45, 2.75) is 64.3 Å². The van der Waals surface area contributed by atoms with Crippen molar-refractivity contribution in [3.05, 3.63) is 77.3 Å². The number of nitrogens with one attached hydrogen (secondary N) is 4. The summed E-state index contributed by atoms with van der Waals surface area (Å²) in [7, 11) is 2.42. The largest absolute Gasteiger partial charge is 0.453 e. The molecule has 0 radical (unpaired) electrons. The van der Waals surface area contributed by atoms with Crippen LogP contribution in [0.25, 0.3) is 10.6 Å². The lowest BCUT2D eigenvalue weighted by molar-refractivity contribution is -0.126. The van der Waals surface area contributed by atoms with Crippen molar-refractivity contribution in [1.82, 2.24) is 26.3 Å². The lowest BCUT2D eigenvalue weighted by Gasteiger charge is -2.33. The van der Waals surface area contributed by atoms with Crippen molar-refractivity contribution in [3.63, 3.8) is 0 Å². The molecule has 3 rings (SSSR count). The molecule has 1 aromatic heterocycles. The Bertz CT molecular complexity index is 1410. The number of aliphatic hydroxyl groups excluding tert-OH is 1. The van der Waals surface area contributed by atoms with Gasteiger partial charge in [0.05, 0.1) is 26.4 Å². The molecule has 4 amide bonds. The minimum Gasteiger partial charge on any atom is -0.453 e. The zero-order valence-corrected chi connectivity index (χ0v) is 27.6. The average molecular weight is 654 g/mol. The highest BCUT2D eigenvalue weighted by Crippen LogP contribution is 2.24. The van der Waals surface area contributed by atoms with E-state index in [1.165, 1.54) is 25.6 Å². The second-order valence-electron chi connectivity index (χ2n) is 11.9. The summed E-state index contributed by atoms with van der Waals surface area (Å²) in [5.74, 6) is -0.959. The number of hydrogen-bond acceptors (Lipinski definition) is 9. The van der Waals surface area contributed by atoms with Crippen molar-refractivity contribution in [2.24, 2.45) is 5.41 Å². The molecule has 248 valence electrons. The number of aromatic nitrogens is 1. The predicted octanol–water partition coefficient (Wildman–Crippen LogP) is 3.44. The molecule has 13 heteroatoms. The quantitative estimate of drug-likeness (QED) is 0.176. The van der Waals surface area contributed by atoms with E-state index in [2.05, 4.69) is 31.0 Å². The fourth-order valence-corrected chi connectivity index (χ4v) is 5.50. The molecule has 0 aliphatic carbocycles. The molecule has 0 saturated carbocycles. The molecule has 2 aromatic carbocycles. The number of ether oxygens (including phenoxy) is 2. The summed E-state index contributed by atoms with van der Waals surface area (Å²) in [6.07, 6.45) is -0.148. The van der Waals surface area contributed by atoms with E-state index in [4.69, 9.17) is 4.74 Å². The highest BCUT2D eigenvalue weighted by molar-refractivity contribution is 7.13. The van der Waals surface area contributed by atoms with Gasteiger partial charge in [0.15, 0.2) is 0 Å². The molecule has 46 heavy (non-hydrogen) atoms. The molecule has 1 heterocycles. The number of carbonyl (C=O) groups is 4. The fraction of sp³-hybridized carbons (Fsp3) is 0.424. The number of hydrogen-bond donors (Lipinski definition) is 5. The van der Waals surface area contributed by atoms with Crippen LogP contribution in [0.3, 0.4) is 0 Å². The second kappa shape index (κ2) is 17.3. The maximum Gasteiger partial charge on any atom is 0.407 e. The Kier molecular flexibility index (Phi) is 13.5. The van der Waals surface area contributed by atoms with Crippen molar-refractivity contribution < 1.29 is 33.8 Å². The van der Waals surface area contributed by atoms with Crippen molar-refractivity contribution >= 4 is 35.3 Å². The van der Waals surface area contributed by atoms with Crippen LogP contribution < -0.4 is 21.3 Å². The molecular weight excluding hydrogens is 610 g/mol. The minimum absolute atomic E-state index is 0.0667. The second-order valence-corrected chi connectivity index (χ2v) is 12.8. The molecule has 3 aromatic rings. The van der Waals surface area contributed by atoms with E-state index in [0.29, 0.717) is 12.8 Å². The summed E-state index contributed by atoms with van der Waals surface area (Å²) >= 11 is 1.53. The van der Waals surface area contributed by atoms with Crippen LogP contribution >= 0.6 is 11.3 Å². The van der Waals surface area contributed by atoms with Crippen LogP contribution in [-0.2, 0) is 31.9 Å². The molecule has 0 bridgehead atoms. The van der Waals surface area contributed by atoms with Gasteiger partial charge < -0.3 is 35.8 Å². The van der Waals surface area contributed by atoms with E-state index in [-0.39, 0.29) is 13.0 Å². The van der Waals surface area contributed by atoms with Crippen molar-refractivity contribution in [2.75, 3.05) is 20.8 Å². The molecule has 0 unspecified atom stereocenters. The Morgan fingerprint density at radius 1 is 0.870 bits per heavy atom. The molecule has 0 aliphatic heterocycles. The van der Waals surface area contributed by atoms with E-state index in [9.17, 15) is 24.3 Å². The monoisotopic (exact) mass is 653 g/mol. The maximum absolute atomic E-state index is 13.7. The number of carbonyl (C=O) groups excluding carboxylic acids is 4. The van der Waals surface area contributed by atoms with Crippen molar-refractivity contribution in [3.8, 4) is 10.6 Å². The van der Waals surface area contributed by atoms with E-state index in [1.807, 2.05) is 80.7 Å². The number of aliphatic hydroxyl groups is 1. The van der Waals surface area contributed by atoms with Gasteiger partial charge >= 0.3 is 12.2 Å². The van der Waals surface area contributed by atoms with Gasteiger partial charge in [-0.3, -0.25) is 9.59 Å². The first-order valence-corrected chi connectivity index (χ1v) is 15.7. The van der Waals surface area contributed by atoms with Gasteiger partial charge in [-0.2, -0.15) is 0 Å². The SMILES string of the molecule is COC(=O)NCC(=O)N[C@@H](Cc1ccccc1)[C@@H](O)C[C@H](Cc1ccc(-c2nccs2)cc1)NC(=O)[C@@H](NC(=O)OC)C(C)(C)C. The van der Waals surface area contributed by atoms with Crippen LogP contribution in [0.5, 0.6) is 0 Å². The third kappa shape index (κ3) is 11.5. The Morgan fingerprint density at radius 2 is 1.52 bits per heavy atom. The average Bonchev–Trinajstić information content (AvgIpc) is 3.57. The van der Waals surface area contributed by atoms with Gasteiger partial charge in [0, 0.05) is 23.2 Å². The minimum atomic E-state index is -1.11. The lowest BCUT2D eigenvalue weighted by atomic mass is 9.85. The number of benzene rings is 2. The predicted molar refractivity (Wildman–Crippen MR) is 175 cm³/mol. The number of nitrogens with zero attached hydrogens (tertiary/aromatic N) is 1. The molecule has 12 nitrogen and oxygen atoms in total. The zero-order valence-electron chi connectivity index (χ0n) is 26.7. The molecule has 4 atom stereocenters. The molecule has 0 spiro atoms. The van der Waals surface area contributed by atoms with Gasteiger partial charge in [-0.05, 0) is 35.8 Å². The summed E-state index contributed by atoms with van der Waals surface area (Å²) < 4.78 is 9.29. The normalized spacial score (nSPS) is 13.8. The maximum atomic E-state index is 13.7. The van der Waals surface area contributed by atoms with Gasteiger partial charge in [0.1, 0.15) is 17.6 Å². The fourth-order valence-electron chi connectivity index (χ4n) is 4.85. The first kappa shape index (κ1) is 36.0. The van der Waals surface area contributed by atoms with Gasteiger partial charge in [-0.25, -0.2) is 14.6 Å².